The van der Waals surface area contributed by atoms with E-state index in [-0.39, 0.29) is 11.9 Å². The van der Waals surface area contributed by atoms with Crippen LogP contribution in [-0.2, 0) is 9.53 Å². The zero-order chi connectivity index (χ0) is 13.8. The monoisotopic (exact) mass is 266 g/mol. The second-order valence-electron chi connectivity index (χ2n) is 4.17. The number of nitrogens with one attached hydrogen (secondary N) is 1. The largest absolute Gasteiger partial charge is 0.479 e. The molecule has 104 valence electrons. The molecule has 1 fully saturated rings. The second kappa shape index (κ2) is 5.75. The molecule has 1 aromatic heterocycles. The van der Waals surface area contributed by atoms with Crippen molar-refractivity contribution in [3.05, 3.63) is 12.1 Å². The van der Waals surface area contributed by atoms with Crippen molar-refractivity contribution < 1.29 is 14.3 Å². The van der Waals surface area contributed by atoms with Crippen LogP contribution < -0.4 is 20.7 Å². The lowest BCUT2D eigenvalue weighted by molar-refractivity contribution is -0.124. The highest BCUT2D eigenvalue weighted by atomic mass is 16.5. The third-order valence-corrected chi connectivity index (χ3v) is 3.04. The molecule has 1 atom stereocenters. The van der Waals surface area contributed by atoms with Crippen LogP contribution in [0.15, 0.2) is 12.1 Å². The van der Waals surface area contributed by atoms with Crippen molar-refractivity contribution in [1.29, 1.82) is 0 Å². The number of nitrogen functional groups attached to an aromatic ring is 1. The number of carbonyl (C=O) groups is 1. The number of anilines is 2. The molecule has 0 spiro atoms. The summed E-state index contributed by atoms with van der Waals surface area (Å²) in [6, 6.07) is 3.11. The predicted octanol–water partition coefficient (Wildman–Crippen LogP) is -0.376. The molecule has 1 unspecified atom stereocenters. The normalized spacial score (nSPS) is 19.1. The molecule has 2 rings (SSSR count). The van der Waals surface area contributed by atoms with E-state index in [1.807, 2.05) is 4.90 Å². The Morgan fingerprint density at radius 1 is 1.63 bits per heavy atom. The summed E-state index contributed by atoms with van der Waals surface area (Å²) < 4.78 is 10.5. The number of hydrogen-bond donors (Lipinski definition) is 2. The van der Waals surface area contributed by atoms with Crippen LogP contribution in [0.2, 0.25) is 0 Å². The molecule has 0 aliphatic carbocycles. The van der Waals surface area contributed by atoms with Crippen LogP contribution >= 0.6 is 0 Å². The van der Waals surface area contributed by atoms with Crippen LogP contribution in [-0.4, -0.2) is 50.8 Å². The molecule has 1 aromatic rings. The molecule has 0 saturated carbocycles. The van der Waals surface area contributed by atoms with Crippen molar-refractivity contribution in [3.63, 3.8) is 0 Å². The first-order valence-electron chi connectivity index (χ1n) is 6.04. The first kappa shape index (κ1) is 13.4. The minimum absolute atomic E-state index is 0.0997. The molecule has 7 nitrogen and oxygen atoms in total. The average molecular weight is 266 g/mol. The number of pyridine rings is 1. The highest BCUT2D eigenvalue weighted by molar-refractivity contribution is 5.85. The number of likely N-dealkylation sites (N-methyl/N-ethyl adjacent to an activating group) is 1. The number of methoxy groups -OCH3 is 1. The van der Waals surface area contributed by atoms with Gasteiger partial charge in [0.05, 0.1) is 26.0 Å². The quantitative estimate of drug-likeness (QED) is 0.775. The number of nitrogens with zero attached hydrogens (tertiary/aromatic N) is 2. The van der Waals surface area contributed by atoms with E-state index in [0.29, 0.717) is 37.1 Å². The van der Waals surface area contributed by atoms with Gasteiger partial charge in [0.2, 0.25) is 11.8 Å². The number of amides is 1. The first-order chi connectivity index (χ1) is 9.17. The van der Waals surface area contributed by atoms with E-state index in [1.54, 1.807) is 19.2 Å². The summed E-state index contributed by atoms with van der Waals surface area (Å²) in [7, 11) is 3.12. The number of carbonyl (C=O) groups excluding carboxylic acids is 1. The van der Waals surface area contributed by atoms with E-state index in [2.05, 4.69) is 10.3 Å². The molecule has 1 saturated heterocycles. The molecule has 2 heterocycles. The molecule has 19 heavy (non-hydrogen) atoms. The molecule has 1 amide bonds. The third kappa shape index (κ3) is 2.70. The summed E-state index contributed by atoms with van der Waals surface area (Å²) in [6.07, 6.45) is 0. The minimum Gasteiger partial charge on any atom is -0.479 e. The van der Waals surface area contributed by atoms with E-state index >= 15 is 0 Å². The number of nitrogens with two attached hydrogens (primary N) is 1. The molecule has 1 aliphatic heterocycles. The van der Waals surface area contributed by atoms with Crippen molar-refractivity contribution in [2.24, 2.45) is 0 Å². The fourth-order valence-electron chi connectivity index (χ4n) is 2.03. The molecule has 0 bridgehead atoms. The summed E-state index contributed by atoms with van der Waals surface area (Å²) >= 11 is 0. The lowest BCUT2D eigenvalue weighted by Crippen LogP contribution is -2.53. The van der Waals surface area contributed by atoms with Gasteiger partial charge in [0.1, 0.15) is 11.9 Å². The minimum atomic E-state index is -0.389. The van der Waals surface area contributed by atoms with Gasteiger partial charge in [-0.25, -0.2) is 0 Å². The molecule has 7 heteroatoms. The Morgan fingerprint density at radius 3 is 3.11 bits per heavy atom. The molecule has 0 aromatic carbocycles. The van der Waals surface area contributed by atoms with Crippen LogP contribution in [0.25, 0.3) is 0 Å². The zero-order valence-electron chi connectivity index (χ0n) is 11.0. The third-order valence-electron chi connectivity index (χ3n) is 3.04. The summed E-state index contributed by atoms with van der Waals surface area (Å²) in [5.41, 5.74) is 6.21. The summed E-state index contributed by atoms with van der Waals surface area (Å²) in [5, 5.41) is 2.63. The van der Waals surface area contributed by atoms with Crippen molar-refractivity contribution in [1.82, 2.24) is 10.3 Å². The lowest BCUT2D eigenvalue weighted by atomic mass is 10.2. The zero-order valence-corrected chi connectivity index (χ0v) is 11.0. The fraction of sp³-hybridized carbons (Fsp3) is 0.500. The van der Waals surface area contributed by atoms with Gasteiger partial charge in [-0.3, -0.25) is 4.79 Å². The van der Waals surface area contributed by atoms with Gasteiger partial charge in [0.25, 0.3) is 0 Å². The molecular formula is C12H18N4O3. The van der Waals surface area contributed by atoms with Gasteiger partial charge in [-0.05, 0) is 12.1 Å². The highest BCUT2D eigenvalue weighted by Crippen LogP contribution is 2.25. The van der Waals surface area contributed by atoms with Crippen molar-refractivity contribution in [2.75, 3.05) is 44.5 Å². The van der Waals surface area contributed by atoms with Crippen LogP contribution in [0.5, 0.6) is 5.88 Å². The van der Waals surface area contributed by atoms with E-state index in [9.17, 15) is 4.79 Å². The number of rotatable bonds is 3. The maximum Gasteiger partial charge on any atom is 0.244 e. The molecular weight excluding hydrogens is 248 g/mol. The summed E-state index contributed by atoms with van der Waals surface area (Å²) in [5.74, 6) is 0.917. The number of aromatic nitrogens is 1. The molecule has 0 radical (unpaired) electrons. The van der Waals surface area contributed by atoms with E-state index in [0.717, 1.165) is 0 Å². The van der Waals surface area contributed by atoms with Crippen LogP contribution in [0.3, 0.4) is 0 Å². The topological polar surface area (TPSA) is 89.7 Å². The standard InChI is InChI=1S/C12H18N4O3/c1-14-11(17)9-7-19-6-5-16(9)10-4-3-8(13)12(15-10)18-2/h3-4,9H,5-7,13H2,1-2H3,(H,14,17). The van der Waals surface area contributed by atoms with Gasteiger partial charge >= 0.3 is 0 Å². The highest BCUT2D eigenvalue weighted by Gasteiger charge is 2.30. The van der Waals surface area contributed by atoms with E-state index in [4.69, 9.17) is 15.2 Å². The Kier molecular flexibility index (Phi) is 4.06. The van der Waals surface area contributed by atoms with Gasteiger partial charge in [-0.15, -0.1) is 0 Å². The Bertz CT molecular complexity index is 466. The van der Waals surface area contributed by atoms with E-state index < -0.39 is 0 Å². The maximum absolute atomic E-state index is 11.9. The number of morpholine rings is 1. The summed E-state index contributed by atoms with van der Waals surface area (Å²) in [6.45, 7) is 1.49. The van der Waals surface area contributed by atoms with Crippen LogP contribution in [0.1, 0.15) is 0 Å². The smallest absolute Gasteiger partial charge is 0.244 e. The van der Waals surface area contributed by atoms with Gasteiger partial charge in [0.15, 0.2) is 0 Å². The Labute approximate surface area is 111 Å². The molecule has 1 aliphatic rings. The SMILES string of the molecule is CNC(=O)C1COCCN1c1ccc(N)c(OC)n1. The number of ether oxygens (including phenoxy) is 2. The predicted molar refractivity (Wildman–Crippen MR) is 71.2 cm³/mol. The first-order valence-corrected chi connectivity index (χ1v) is 6.04. The Morgan fingerprint density at radius 2 is 2.42 bits per heavy atom. The van der Waals surface area contributed by atoms with Crippen LogP contribution in [0.4, 0.5) is 11.5 Å². The van der Waals surface area contributed by atoms with Gasteiger partial charge in [-0.1, -0.05) is 0 Å². The lowest BCUT2D eigenvalue weighted by Gasteiger charge is -2.35. The van der Waals surface area contributed by atoms with Gasteiger partial charge in [0, 0.05) is 13.6 Å². The Hall–Kier alpha value is -2.02. The van der Waals surface area contributed by atoms with Crippen molar-refractivity contribution in [3.8, 4) is 5.88 Å². The van der Waals surface area contributed by atoms with Crippen LogP contribution in [0, 0.1) is 0 Å². The summed E-state index contributed by atoms with van der Waals surface area (Å²) in [4.78, 5) is 18.1. The Balaban J connectivity index is 2.29. The van der Waals surface area contributed by atoms with Crippen molar-refractivity contribution in [2.45, 2.75) is 6.04 Å². The average Bonchev–Trinajstić information content (AvgIpc) is 2.47. The number of hydrogen-bond acceptors (Lipinski definition) is 6. The maximum atomic E-state index is 11.9. The molecule has 3 N–H and O–H groups in total. The second-order valence-corrected chi connectivity index (χ2v) is 4.17. The van der Waals surface area contributed by atoms with E-state index in [1.165, 1.54) is 7.11 Å². The van der Waals surface area contributed by atoms with Gasteiger partial charge < -0.3 is 25.4 Å². The fourth-order valence-corrected chi connectivity index (χ4v) is 2.03. The van der Waals surface area contributed by atoms with Gasteiger partial charge in [-0.2, -0.15) is 4.98 Å². The van der Waals surface area contributed by atoms with Crippen molar-refractivity contribution >= 4 is 17.4 Å².